The van der Waals surface area contributed by atoms with Crippen LogP contribution in [0, 0.1) is 11.8 Å². The fourth-order valence-corrected chi connectivity index (χ4v) is 9.20. The van der Waals surface area contributed by atoms with Crippen molar-refractivity contribution in [2.45, 2.75) is 81.8 Å². The number of carbonyl (C=O) groups is 3. The van der Waals surface area contributed by atoms with Crippen molar-refractivity contribution < 1.29 is 24.2 Å². The van der Waals surface area contributed by atoms with E-state index in [0.29, 0.717) is 12.2 Å². The van der Waals surface area contributed by atoms with Crippen molar-refractivity contribution in [2.24, 2.45) is 11.8 Å². The number of nitrogens with zero attached hydrogens (tertiary/aromatic N) is 2. The highest BCUT2D eigenvalue weighted by atomic mass is 32.2. The zero-order valence-electron chi connectivity index (χ0n) is 23.2. The summed E-state index contributed by atoms with van der Waals surface area (Å²) in [4.78, 5) is 45.1. The predicted molar refractivity (Wildman–Crippen MR) is 151 cm³/mol. The van der Waals surface area contributed by atoms with Gasteiger partial charge in [-0.25, -0.2) is 0 Å². The summed E-state index contributed by atoms with van der Waals surface area (Å²) >= 11 is 1.66. The summed E-state index contributed by atoms with van der Waals surface area (Å²) in [6, 6.07) is 7.20. The Bertz CT molecular complexity index is 1020. The molecule has 3 heterocycles. The Balaban J connectivity index is 1.61. The molecule has 8 nitrogen and oxygen atoms in total. The molecule has 1 aromatic carbocycles. The average Bonchev–Trinajstić information content (AvgIpc) is 3.46. The summed E-state index contributed by atoms with van der Waals surface area (Å²) in [5.74, 6) is -1.70. The number of carbonyl (C=O) groups excluding carboxylic acids is 3. The number of hydrogen-bond donors (Lipinski definition) is 2. The third-order valence-electron chi connectivity index (χ3n) is 8.64. The van der Waals surface area contributed by atoms with Crippen molar-refractivity contribution in [1.82, 2.24) is 4.90 Å². The van der Waals surface area contributed by atoms with E-state index in [-0.39, 0.29) is 31.0 Å². The highest BCUT2D eigenvalue weighted by Crippen LogP contribution is 2.71. The normalized spacial score (nSPS) is 29.4. The lowest BCUT2D eigenvalue weighted by Crippen LogP contribution is -2.51. The van der Waals surface area contributed by atoms with Gasteiger partial charge in [-0.3, -0.25) is 14.4 Å². The van der Waals surface area contributed by atoms with E-state index in [9.17, 15) is 14.4 Å². The molecule has 0 saturated carbocycles. The molecule has 210 valence electrons. The van der Waals surface area contributed by atoms with Gasteiger partial charge in [-0.2, -0.15) is 0 Å². The molecule has 9 heteroatoms. The maximum Gasteiger partial charge on any atom is 0.311 e. The van der Waals surface area contributed by atoms with Crippen LogP contribution in [-0.2, 0) is 19.1 Å². The first-order chi connectivity index (χ1) is 18.3. The molecule has 38 heavy (non-hydrogen) atoms. The van der Waals surface area contributed by atoms with E-state index in [2.05, 4.69) is 31.0 Å². The first-order valence-electron chi connectivity index (χ1n) is 14.2. The fraction of sp³-hybridized carbons (Fsp3) is 0.690. The molecule has 2 bridgehead atoms. The average molecular weight is 546 g/mol. The SMILES string of the molecule is CCOC(=O)[C@H]1[C@H]2C(=O)N(CCCCCCO)C(C(=O)Nc3ccc(N(CC)CC)cc3)C23CC[C@]1(C)S3. The zero-order valence-corrected chi connectivity index (χ0v) is 24.0. The number of aliphatic hydroxyl groups is 1. The number of hydrogen-bond acceptors (Lipinski definition) is 7. The topological polar surface area (TPSA) is 99.2 Å². The zero-order chi connectivity index (χ0) is 27.5. The van der Waals surface area contributed by atoms with Crippen LogP contribution in [0.2, 0.25) is 0 Å². The van der Waals surface area contributed by atoms with Gasteiger partial charge >= 0.3 is 5.97 Å². The smallest absolute Gasteiger partial charge is 0.311 e. The number of thioether (sulfide) groups is 1. The highest BCUT2D eigenvalue weighted by molar-refractivity contribution is 8.02. The van der Waals surface area contributed by atoms with E-state index in [1.807, 2.05) is 24.3 Å². The van der Waals surface area contributed by atoms with Crippen LogP contribution in [0.4, 0.5) is 11.4 Å². The van der Waals surface area contributed by atoms with Gasteiger partial charge in [0.2, 0.25) is 11.8 Å². The molecule has 2 amide bonds. The predicted octanol–water partition coefficient (Wildman–Crippen LogP) is 4.07. The lowest BCUT2D eigenvalue weighted by Gasteiger charge is -2.34. The van der Waals surface area contributed by atoms with Crippen LogP contribution in [0.25, 0.3) is 0 Å². The lowest BCUT2D eigenvalue weighted by molar-refractivity contribution is -0.155. The first kappa shape index (κ1) is 28.7. The van der Waals surface area contributed by atoms with Gasteiger partial charge in [-0.1, -0.05) is 12.8 Å². The van der Waals surface area contributed by atoms with Gasteiger partial charge in [0, 0.05) is 42.4 Å². The third kappa shape index (κ3) is 5.04. The fourth-order valence-electron chi connectivity index (χ4n) is 6.86. The summed E-state index contributed by atoms with van der Waals surface area (Å²) in [7, 11) is 0. The minimum atomic E-state index is -0.647. The number of esters is 1. The molecule has 4 rings (SSSR count). The molecule has 0 aliphatic carbocycles. The van der Waals surface area contributed by atoms with Crippen molar-refractivity contribution in [3.05, 3.63) is 24.3 Å². The molecule has 0 aromatic heterocycles. The summed E-state index contributed by atoms with van der Waals surface area (Å²) in [5, 5.41) is 12.2. The molecule has 2 N–H and O–H groups in total. The van der Waals surface area contributed by atoms with E-state index < -0.39 is 27.4 Å². The van der Waals surface area contributed by atoms with Gasteiger partial charge < -0.3 is 25.0 Å². The quantitative estimate of drug-likeness (QED) is 0.285. The largest absolute Gasteiger partial charge is 0.466 e. The van der Waals surface area contributed by atoms with E-state index >= 15 is 0 Å². The van der Waals surface area contributed by atoms with Crippen LogP contribution in [0.3, 0.4) is 0 Å². The van der Waals surface area contributed by atoms with Gasteiger partial charge in [-0.15, -0.1) is 11.8 Å². The van der Waals surface area contributed by atoms with Gasteiger partial charge in [0.25, 0.3) is 0 Å². The Morgan fingerprint density at radius 3 is 2.42 bits per heavy atom. The Labute approximate surface area is 230 Å². The molecule has 1 aromatic rings. The van der Waals surface area contributed by atoms with Crippen molar-refractivity contribution in [3.63, 3.8) is 0 Å². The number of unbranched alkanes of at least 4 members (excludes halogenated alkanes) is 3. The molecule has 3 aliphatic heterocycles. The van der Waals surface area contributed by atoms with Gasteiger partial charge in [0.15, 0.2) is 0 Å². The Kier molecular flexibility index (Phi) is 8.97. The molecule has 5 atom stereocenters. The number of amides is 2. The van der Waals surface area contributed by atoms with Crippen molar-refractivity contribution in [2.75, 3.05) is 43.1 Å². The molecule has 3 aliphatic rings. The maximum absolute atomic E-state index is 14.0. The number of aliphatic hydroxyl groups excluding tert-OH is 1. The van der Waals surface area contributed by atoms with Crippen molar-refractivity contribution in [1.29, 1.82) is 0 Å². The van der Waals surface area contributed by atoms with Crippen molar-refractivity contribution >= 4 is 40.9 Å². The number of fused-ring (bicyclic) bond motifs is 1. The van der Waals surface area contributed by atoms with E-state index in [1.165, 1.54) is 0 Å². The second kappa shape index (κ2) is 11.9. The van der Waals surface area contributed by atoms with Crippen LogP contribution in [0.5, 0.6) is 0 Å². The lowest BCUT2D eigenvalue weighted by atomic mass is 9.66. The van der Waals surface area contributed by atoms with Crippen LogP contribution >= 0.6 is 11.8 Å². The number of benzene rings is 1. The van der Waals surface area contributed by atoms with Crippen LogP contribution in [-0.4, -0.2) is 76.2 Å². The van der Waals surface area contributed by atoms with Crippen molar-refractivity contribution in [3.8, 4) is 0 Å². The monoisotopic (exact) mass is 545 g/mol. The molecule has 0 radical (unpaired) electrons. The number of anilines is 2. The molecule has 3 fully saturated rings. The summed E-state index contributed by atoms with van der Waals surface area (Å²) in [5.41, 5.74) is 1.80. The molecular formula is C29H43N3O5S. The van der Waals surface area contributed by atoms with E-state index in [4.69, 9.17) is 9.84 Å². The standard InChI is InChI=1S/C29H43N3O5S/c1-5-31(6-2)21-14-12-20(13-15-21)30-25(34)24-29-17-16-28(4,38-29)23(27(36)37-7-3)22(29)26(35)32(24)18-10-8-9-11-19-33/h12-15,22-24,33H,5-11,16-19H2,1-4H3,(H,30,34)/t22-,23+,24?,28-,29?/m0/s1. The summed E-state index contributed by atoms with van der Waals surface area (Å²) in [6.45, 7) is 10.8. The van der Waals surface area contributed by atoms with Crippen LogP contribution < -0.4 is 10.2 Å². The van der Waals surface area contributed by atoms with Gasteiger partial charge in [0.1, 0.15) is 6.04 Å². The highest BCUT2D eigenvalue weighted by Gasteiger charge is 2.77. The first-order valence-corrected chi connectivity index (χ1v) is 15.0. The van der Waals surface area contributed by atoms with E-state index in [1.54, 1.807) is 23.6 Å². The maximum atomic E-state index is 14.0. The van der Waals surface area contributed by atoms with E-state index in [0.717, 1.165) is 57.3 Å². The summed E-state index contributed by atoms with van der Waals surface area (Å²) < 4.78 is 4.39. The minimum absolute atomic E-state index is 0.0989. The number of rotatable bonds is 13. The third-order valence-corrected chi connectivity index (χ3v) is 10.6. The molecule has 3 saturated heterocycles. The number of ether oxygens (including phenoxy) is 1. The Hall–Kier alpha value is -2.26. The van der Waals surface area contributed by atoms with Gasteiger partial charge in [0.05, 0.1) is 23.2 Å². The Morgan fingerprint density at radius 2 is 1.79 bits per heavy atom. The summed E-state index contributed by atoms with van der Waals surface area (Å²) in [6.07, 6.45) is 4.73. The molecule has 1 spiro atoms. The number of likely N-dealkylation sites (tertiary alicyclic amines) is 1. The second-order valence-electron chi connectivity index (χ2n) is 10.9. The number of nitrogens with one attached hydrogen (secondary N) is 1. The molecular weight excluding hydrogens is 502 g/mol. The van der Waals surface area contributed by atoms with Crippen LogP contribution in [0.1, 0.15) is 66.2 Å². The molecule has 2 unspecified atom stereocenters. The second-order valence-corrected chi connectivity index (χ2v) is 12.8. The Morgan fingerprint density at radius 1 is 1.11 bits per heavy atom. The van der Waals surface area contributed by atoms with Crippen LogP contribution in [0.15, 0.2) is 24.3 Å². The minimum Gasteiger partial charge on any atom is -0.466 e. The van der Waals surface area contributed by atoms with Gasteiger partial charge in [-0.05, 0) is 77.6 Å².